The van der Waals surface area contributed by atoms with Gasteiger partial charge in [-0.15, -0.1) is 0 Å². The zero-order valence-electron chi connectivity index (χ0n) is 12.5. The number of carbonyl (C=O) groups excluding carboxylic acids is 1. The lowest BCUT2D eigenvalue weighted by atomic mass is 10.1. The number of hydrogen-bond acceptors (Lipinski definition) is 3. The van der Waals surface area contributed by atoms with Gasteiger partial charge in [0.05, 0.1) is 11.0 Å². The van der Waals surface area contributed by atoms with Gasteiger partial charge in [-0.05, 0) is 24.6 Å². The molecular formula is C16H14F2N2O3. The Hall–Kier alpha value is -2.83. The van der Waals surface area contributed by atoms with Crippen LogP contribution in [0.3, 0.4) is 0 Å². The Bertz CT molecular complexity index is 744. The van der Waals surface area contributed by atoms with Gasteiger partial charge in [0.1, 0.15) is 11.6 Å². The number of halogens is 2. The summed E-state index contributed by atoms with van der Waals surface area (Å²) in [7, 11) is 1.47. The van der Waals surface area contributed by atoms with Gasteiger partial charge in [-0.1, -0.05) is 12.1 Å². The lowest BCUT2D eigenvalue weighted by Gasteiger charge is -2.25. The summed E-state index contributed by atoms with van der Waals surface area (Å²) >= 11 is 0. The molecule has 0 saturated heterocycles. The molecule has 1 atom stereocenters. The molecule has 1 unspecified atom stereocenters. The maximum Gasteiger partial charge on any atom is 0.269 e. The van der Waals surface area contributed by atoms with Gasteiger partial charge in [0, 0.05) is 30.8 Å². The zero-order valence-corrected chi connectivity index (χ0v) is 12.5. The fourth-order valence-electron chi connectivity index (χ4n) is 2.18. The van der Waals surface area contributed by atoms with Crippen LogP contribution in [0.5, 0.6) is 0 Å². The van der Waals surface area contributed by atoms with E-state index in [0.29, 0.717) is 11.6 Å². The highest BCUT2D eigenvalue weighted by Crippen LogP contribution is 2.24. The van der Waals surface area contributed by atoms with E-state index in [4.69, 9.17) is 0 Å². The minimum Gasteiger partial charge on any atom is -0.335 e. The second-order valence-electron chi connectivity index (χ2n) is 5.10. The molecular weight excluding hydrogens is 306 g/mol. The van der Waals surface area contributed by atoms with Crippen LogP contribution in [-0.4, -0.2) is 22.8 Å². The fraction of sp³-hybridized carbons (Fsp3) is 0.188. The Morgan fingerprint density at radius 1 is 1.17 bits per heavy atom. The van der Waals surface area contributed by atoms with Crippen molar-refractivity contribution in [2.24, 2.45) is 0 Å². The summed E-state index contributed by atoms with van der Waals surface area (Å²) in [5.74, 6) is -2.27. The molecule has 0 saturated carbocycles. The molecule has 0 radical (unpaired) electrons. The topological polar surface area (TPSA) is 63.5 Å². The van der Waals surface area contributed by atoms with Crippen LogP contribution in [-0.2, 0) is 0 Å². The zero-order chi connectivity index (χ0) is 17.1. The Kier molecular flexibility index (Phi) is 4.68. The molecule has 0 bridgehead atoms. The van der Waals surface area contributed by atoms with E-state index < -0.39 is 28.5 Å². The lowest BCUT2D eigenvalue weighted by molar-refractivity contribution is -0.384. The van der Waals surface area contributed by atoms with Gasteiger partial charge < -0.3 is 4.90 Å². The number of nitro benzene ring substituents is 1. The van der Waals surface area contributed by atoms with E-state index in [0.717, 1.165) is 12.1 Å². The van der Waals surface area contributed by atoms with Gasteiger partial charge in [0.25, 0.3) is 11.6 Å². The van der Waals surface area contributed by atoms with Gasteiger partial charge in [-0.25, -0.2) is 8.78 Å². The molecule has 0 N–H and O–H groups in total. The Morgan fingerprint density at radius 2 is 1.78 bits per heavy atom. The predicted molar refractivity (Wildman–Crippen MR) is 80.0 cm³/mol. The molecule has 23 heavy (non-hydrogen) atoms. The van der Waals surface area contributed by atoms with Crippen LogP contribution in [0.2, 0.25) is 0 Å². The van der Waals surface area contributed by atoms with Crippen molar-refractivity contribution < 1.29 is 18.5 Å². The van der Waals surface area contributed by atoms with Crippen LogP contribution in [0.15, 0.2) is 42.5 Å². The van der Waals surface area contributed by atoms with Gasteiger partial charge in [-0.2, -0.15) is 0 Å². The number of benzene rings is 2. The van der Waals surface area contributed by atoms with E-state index in [1.54, 1.807) is 13.0 Å². The van der Waals surface area contributed by atoms with E-state index >= 15 is 0 Å². The molecule has 5 nitrogen and oxygen atoms in total. The van der Waals surface area contributed by atoms with E-state index in [1.807, 2.05) is 0 Å². The van der Waals surface area contributed by atoms with Crippen LogP contribution in [0.25, 0.3) is 0 Å². The monoisotopic (exact) mass is 320 g/mol. The van der Waals surface area contributed by atoms with Crippen molar-refractivity contribution in [3.05, 3.63) is 75.3 Å². The van der Waals surface area contributed by atoms with Crippen LogP contribution >= 0.6 is 0 Å². The first kappa shape index (κ1) is 16.5. The van der Waals surface area contributed by atoms with Crippen molar-refractivity contribution in [1.29, 1.82) is 0 Å². The highest BCUT2D eigenvalue weighted by molar-refractivity contribution is 5.94. The van der Waals surface area contributed by atoms with Gasteiger partial charge in [-0.3, -0.25) is 14.9 Å². The van der Waals surface area contributed by atoms with E-state index in [-0.39, 0.29) is 11.3 Å². The summed E-state index contributed by atoms with van der Waals surface area (Å²) in [5, 5.41) is 10.8. The number of amides is 1. The summed E-state index contributed by atoms with van der Waals surface area (Å²) in [5.41, 5.74) is 0.334. The Balaban J connectivity index is 2.28. The first-order valence-corrected chi connectivity index (χ1v) is 6.77. The molecule has 0 aliphatic carbocycles. The van der Waals surface area contributed by atoms with E-state index in [2.05, 4.69) is 0 Å². The Morgan fingerprint density at radius 3 is 2.35 bits per heavy atom. The molecule has 1 amide bonds. The summed E-state index contributed by atoms with van der Waals surface area (Å²) in [4.78, 5) is 23.9. The number of carbonyl (C=O) groups is 1. The number of nitrogens with zero attached hydrogens (tertiary/aromatic N) is 2. The number of nitro groups is 1. The van der Waals surface area contributed by atoms with Gasteiger partial charge in [0.15, 0.2) is 0 Å². The SMILES string of the molecule is CC(c1cccc([N+](=O)[O-])c1)N(C)C(=O)c1cc(F)cc(F)c1. The third kappa shape index (κ3) is 3.68. The highest BCUT2D eigenvalue weighted by atomic mass is 19.1. The molecule has 2 aromatic rings. The average molecular weight is 320 g/mol. The first-order valence-electron chi connectivity index (χ1n) is 6.77. The molecule has 0 spiro atoms. The average Bonchev–Trinajstić information content (AvgIpc) is 2.51. The summed E-state index contributed by atoms with van der Waals surface area (Å²) in [6.07, 6.45) is 0. The van der Waals surface area contributed by atoms with Crippen LogP contribution in [0.1, 0.15) is 28.9 Å². The molecule has 0 aromatic heterocycles. The van der Waals surface area contributed by atoms with Crippen LogP contribution < -0.4 is 0 Å². The molecule has 0 fully saturated rings. The van der Waals surface area contributed by atoms with Crippen LogP contribution in [0.4, 0.5) is 14.5 Å². The summed E-state index contributed by atoms with van der Waals surface area (Å²) in [6.45, 7) is 1.67. The van der Waals surface area contributed by atoms with Crippen molar-refractivity contribution >= 4 is 11.6 Å². The molecule has 7 heteroatoms. The third-order valence-corrected chi connectivity index (χ3v) is 3.57. The van der Waals surface area contributed by atoms with Gasteiger partial charge >= 0.3 is 0 Å². The smallest absolute Gasteiger partial charge is 0.269 e. The summed E-state index contributed by atoms with van der Waals surface area (Å²) < 4.78 is 26.5. The van der Waals surface area contributed by atoms with Crippen LogP contribution in [0, 0.1) is 21.7 Å². The van der Waals surface area contributed by atoms with Crippen molar-refractivity contribution in [2.45, 2.75) is 13.0 Å². The molecule has 2 aromatic carbocycles. The highest BCUT2D eigenvalue weighted by Gasteiger charge is 2.21. The summed E-state index contributed by atoms with van der Waals surface area (Å²) in [6, 6.07) is 7.94. The maximum absolute atomic E-state index is 13.2. The van der Waals surface area contributed by atoms with Crippen molar-refractivity contribution in [3.8, 4) is 0 Å². The van der Waals surface area contributed by atoms with E-state index in [1.165, 1.54) is 30.1 Å². The van der Waals surface area contributed by atoms with Gasteiger partial charge in [0.2, 0.25) is 0 Å². The second-order valence-corrected chi connectivity index (χ2v) is 5.10. The fourth-order valence-corrected chi connectivity index (χ4v) is 2.18. The van der Waals surface area contributed by atoms with Crippen molar-refractivity contribution in [3.63, 3.8) is 0 Å². The molecule has 0 aliphatic heterocycles. The number of non-ortho nitro benzene ring substituents is 1. The minimum absolute atomic E-state index is 0.0907. The third-order valence-electron chi connectivity index (χ3n) is 3.57. The normalized spacial score (nSPS) is 11.8. The predicted octanol–water partition coefficient (Wildman–Crippen LogP) is 3.71. The van der Waals surface area contributed by atoms with Crippen molar-refractivity contribution in [1.82, 2.24) is 4.90 Å². The second kappa shape index (κ2) is 6.51. The number of rotatable bonds is 4. The maximum atomic E-state index is 13.2. The first-order chi connectivity index (χ1) is 10.8. The van der Waals surface area contributed by atoms with Crippen molar-refractivity contribution in [2.75, 3.05) is 7.05 Å². The largest absolute Gasteiger partial charge is 0.335 e. The number of hydrogen-bond donors (Lipinski definition) is 0. The Labute approximate surface area is 131 Å². The lowest BCUT2D eigenvalue weighted by Crippen LogP contribution is -2.29. The quantitative estimate of drug-likeness (QED) is 0.637. The standard InChI is InChI=1S/C16H14F2N2O3/c1-10(11-4-3-5-15(8-11)20(22)23)19(2)16(21)12-6-13(17)9-14(18)7-12/h3-10H,1-2H3. The molecule has 120 valence electrons. The molecule has 0 aliphatic rings. The van der Waals surface area contributed by atoms with E-state index in [9.17, 15) is 23.7 Å². The minimum atomic E-state index is -0.843. The molecule has 2 rings (SSSR count). The molecule has 0 heterocycles.